The van der Waals surface area contributed by atoms with Crippen LogP contribution in [-0.4, -0.2) is 30.9 Å². The van der Waals surface area contributed by atoms with Crippen LogP contribution in [0.2, 0.25) is 0 Å². The summed E-state index contributed by atoms with van der Waals surface area (Å²) in [5.41, 5.74) is 0.466. The summed E-state index contributed by atoms with van der Waals surface area (Å²) < 4.78 is 26.9. The molecule has 0 radical (unpaired) electrons. The van der Waals surface area contributed by atoms with Gasteiger partial charge in [0.05, 0.1) is 11.5 Å². The molecule has 0 saturated carbocycles. The maximum Gasteiger partial charge on any atom is 0.243 e. The quantitative estimate of drug-likeness (QED) is 0.921. The Balaban J connectivity index is 2.36. The van der Waals surface area contributed by atoms with Crippen molar-refractivity contribution in [3.63, 3.8) is 0 Å². The first-order chi connectivity index (χ1) is 8.95. The molecule has 2 unspecified atom stereocenters. The van der Waals surface area contributed by atoms with E-state index in [4.69, 9.17) is 0 Å². The molecule has 0 amide bonds. The van der Waals surface area contributed by atoms with Crippen molar-refractivity contribution in [1.82, 2.24) is 4.31 Å². The van der Waals surface area contributed by atoms with Crippen molar-refractivity contribution in [3.8, 4) is 0 Å². The average molecular weight is 283 g/mol. The molecule has 1 N–H and O–H groups in total. The molecule has 1 aliphatic rings. The third kappa shape index (κ3) is 2.99. The van der Waals surface area contributed by atoms with E-state index in [1.807, 2.05) is 0 Å². The van der Waals surface area contributed by atoms with Gasteiger partial charge < -0.3 is 5.11 Å². The van der Waals surface area contributed by atoms with Crippen molar-refractivity contribution < 1.29 is 13.5 Å². The van der Waals surface area contributed by atoms with Crippen molar-refractivity contribution in [1.29, 1.82) is 0 Å². The lowest BCUT2D eigenvalue weighted by atomic mass is 9.94. The normalized spacial score (nSPS) is 25.4. The second kappa shape index (κ2) is 5.61. The Morgan fingerprint density at radius 3 is 2.37 bits per heavy atom. The number of sulfonamides is 1. The molecule has 0 bridgehead atoms. The zero-order valence-electron chi connectivity index (χ0n) is 11.4. The van der Waals surface area contributed by atoms with Gasteiger partial charge >= 0.3 is 0 Å². The van der Waals surface area contributed by atoms with Gasteiger partial charge in [0.25, 0.3) is 0 Å². The fourth-order valence-corrected chi connectivity index (χ4v) is 4.72. The number of piperidine rings is 1. The van der Waals surface area contributed by atoms with Crippen LogP contribution in [-0.2, 0) is 16.6 Å². The van der Waals surface area contributed by atoms with Crippen LogP contribution in [0.4, 0.5) is 0 Å². The van der Waals surface area contributed by atoms with Gasteiger partial charge in [-0.05, 0) is 29.9 Å². The third-order valence-corrected chi connectivity index (χ3v) is 5.53. The summed E-state index contributed by atoms with van der Waals surface area (Å²) in [6.07, 6.45) is 1.06. The van der Waals surface area contributed by atoms with Crippen LogP contribution in [0.5, 0.6) is 0 Å². The summed E-state index contributed by atoms with van der Waals surface area (Å²) in [5.74, 6) is 0.750. The standard InChI is InChI=1S/C14H21NO3S/c1-11-7-12(2)9-15(8-11)19(17,18)14-6-4-3-5-13(14)10-16/h3-6,11-12,16H,7-10H2,1-2H3. The summed E-state index contributed by atoms with van der Waals surface area (Å²) >= 11 is 0. The second-order valence-electron chi connectivity index (χ2n) is 5.53. The van der Waals surface area contributed by atoms with Gasteiger partial charge in [0.15, 0.2) is 0 Å². The van der Waals surface area contributed by atoms with Gasteiger partial charge in [-0.2, -0.15) is 4.31 Å². The highest BCUT2D eigenvalue weighted by Gasteiger charge is 2.32. The van der Waals surface area contributed by atoms with Gasteiger partial charge in [-0.1, -0.05) is 32.0 Å². The molecule has 1 fully saturated rings. The maximum atomic E-state index is 12.7. The van der Waals surface area contributed by atoms with Gasteiger partial charge in [-0.3, -0.25) is 0 Å². The summed E-state index contributed by atoms with van der Waals surface area (Å²) in [6.45, 7) is 5.03. The molecular weight excluding hydrogens is 262 g/mol. The summed E-state index contributed by atoms with van der Waals surface area (Å²) in [5, 5.41) is 9.30. The molecule has 5 heteroatoms. The fraction of sp³-hybridized carbons (Fsp3) is 0.571. The molecule has 1 saturated heterocycles. The summed E-state index contributed by atoms with van der Waals surface area (Å²) in [4.78, 5) is 0.235. The first kappa shape index (κ1) is 14.5. The highest BCUT2D eigenvalue weighted by Crippen LogP contribution is 2.28. The van der Waals surface area contributed by atoms with Crippen LogP contribution in [0.15, 0.2) is 29.2 Å². The van der Waals surface area contributed by atoms with Crippen LogP contribution in [0, 0.1) is 11.8 Å². The Labute approximate surface area is 115 Å². The predicted molar refractivity (Wildman–Crippen MR) is 74.1 cm³/mol. The summed E-state index contributed by atoms with van der Waals surface area (Å²) in [6, 6.07) is 6.67. The zero-order chi connectivity index (χ0) is 14.0. The van der Waals surface area contributed by atoms with E-state index >= 15 is 0 Å². The minimum absolute atomic E-state index is 0.235. The SMILES string of the molecule is CC1CC(C)CN(S(=O)(=O)c2ccccc2CO)C1. The largest absolute Gasteiger partial charge is 0.392 e. The number of aliphatic hydroxyl groups excluding tert-OH is 1. The van der Waals surface area contributed by atoms with E-state index in [1.54, 1.807) is 28.6 Å². The highest BCUT2D eigenvalue weighted by atomic mass is 32.2. The number of rotatable bonds is 3. The molecule has 19 heavy (non-hydrogen) atoms. The Hall–Kier alpha value is -0.910. The molecule has 4 nitrogen and oxygen atoms in total. The molecule has 0 aliphatic carbocycles. The van der Waals surface area contributed by atoms with Crippen molar-refractivity contribution >= 4 is 10.0 Å². The lowest BCUT2D eigenvalue weighted by Gasteiger charge is -2.34. The molecule has 1 aliphatic heterocycles. The number of hydrogen-bond acceptors (Lipinski definition) is 3. The molecular formula is C14H21NO3S. The lowest BCUT2D eigenvalue weighted by Crippen LogP contribution is -2.42. The molecule has 0 spiro atoms. The van der Waals surface area contributed by atoms with Crippen LogP contribution in [0.3, 0.4) is 0 Å². The molecule has 0 aromatic heterocycles. The molecule has 1 heterocycles. The molecule has 1 aromatic carbocycles. The smallest absolute Gasteiger partial charge is 0.243 e. The first-order valence-electron chi connectivity index (χ1n) is 6.64. The topological polar surface area (TPSA) is 57.6 Å². The van der Waals surface area contributed by atoms with E-state index in [0.29, 0.717) is 30.5 Å². The van der Waals surface area contributed by atoms with Gasteiger partial charge in [0.1, 0.15) is 0 Å². The van der Waals surface area contributed by atoms with Gasteiger partial charge in [-0.15, -0.1) is 0 Å². The monoisotopic (exact) mass is 283 g/mol. The Kier molecular flexibility index (Phi) is 4.28. The van der Waals surface area contributed by atoms with E-state index in [-0.39, 0.29) is 11.5 Å². The van der Waals surface area contributed by atoms with E-state index in [0.717, 1.165) is 6.42 Å². The maximum absolute atomic E-state index is 12.7. The Bertz CT molecular complexity index is 531. The number of benzene rings is 1. The fourth-order valence-electron chi connectivity index (χ4n) is 2.83. The number of nitrogens with zero attached hydrogens (tertiary/aromatic N) is 1. The number of hydrogen-bond donors (Lipinski definition) is 1. The first-order valence-corrected chi connectivity index (χ1v) is 8.08. The minimum atomic E-state index is -3.50. The van der Waals surface area contributed by atoms with Gasteiger partial charge in [-0.25, -0.2) is 8.42 Å². The number of aliphatic hydroxyl groups is 1. The minimum Gasteiger partial charge on any atom is -0.392 e. The highest BCUT2D eigenvalue weighted by molar-refractivity contribution is 7.89. The molecule has 2 rings (SSSR count). The molecule has 1 aromatic rings. The van der Waals surface area contributed by atoms with E-state index in [9.17, 15) is 13.5 Å². The van der Waals surface area contributed by atoms with Gasteiger partial charge in [0, 0.05) is 13.1 Å². The summed E-state index contributed by atoms with van der Waals surface area (Å²) in [7, 11) is -3.50. The van der Waals surface area contributed by atoms with Gasteiger partial charge in [0.2, 0.25) is 10.0 Å². The Morgan fingerprint density at radius 1 is 1.21 bits per heavy atom. The van der Waals surface area contributed by atoms with Crippen LogP contribution in [0.1, 0.15) is 25.8 Å². The second-order valence-corrected chi connectivity index (χ2v) is 7.44. The Morgan fingerprint density at radius 2 is 1.79 bits per heavy atom. The van der Waals surface area contributed by atoms with Crippen molar-refractivity contribution in [2.24, 2.45) is 11.8 Å². The third-order valence-electron chi connectivity index (χ3n) is 3.60. The lowest BCUT2D eigenvalue weighted by molar-refractivity contribution is 0.222. The van der Waals surface area contributed by atoms with E-state index in [1.165, 1.54) is 0 Å². The van der Waals surface area contributed by atoms with Crippen LogP contribution < -0.4 is 0 Å². The van der Waals surface area contributed by atoms with Crippen molar-refractivity contribution in [2.75, 3.05) is 13.1 Å². The zero-order valence-corrected chi connectivity index (χ0v) is 12.2. The predicted octanol–water partition coefficient (Wildman–Crippen LogP) is 1.85. The van der Waals surface area contributed by atoms with Crippen LogP contribution in [0.25, 0.3) is 0 Å². The average Bonchev–Trinajstić information content (AvgIpc) is 2.37. The molecule has 106 valence electrons. The van der Waals surface area contributed by atoms with E-state index < -0.39 is 10.0 Å². The van der Waals surface area contributed by atoms with E-state index in [2.05, 4.69) is 13.8 Å². The molecule has 2 atom stereocenters. The van der Waals surface area contributed by atoms with Crippen LogP contribution >= 0.6 is 0 Å². The van der Waals surface area contributed by atoms with Crippen molar-refractivity contribution in [2.45, 2.75) is 31.8 Å². The van der Waals surface area contributed by atoms with Crippen molar-refractivity contribution in [3.05, 3.63) is 29.8 Å².